The number of pyridine rings is 1. The van der Waals surface area contributed by atoms with Crippen molar-refractivity contribution in [3.05, 3.63) is 66.1 Å². The molecule has 3 heteroatoms. The van der Waals surface area contributed by atoms with E-state index in [2.05, 4.69) is 23.6 Å². The zero-order chi connectivity index (χ0) is 15.3. The number of hydrogen-bond donors (Lipinski definition) is 0. The summed E-state index contributed by atoms with van der Waals surface area (Å²) in [4.78, 5) is 0. The molecular formula is C19H15FNO+. The van der Waals surface area contributed by atoms with Gasteiger partial charge in [-0.1, -0.05) is 12.1 Å². The van der Waals surface area contributed by atoms with E-state index in [1.165, 1.54) is 12.1 Å². The van der Waals surface area contributed by atoms with Gasteiger partial charge >= 0.3 is 0 Å². The Morgan fingerprint density at radius 1 is 1.00 bits per heavy atom. The van der Waals surface area contributed by atoms with Gasteiger partial charge in [0.25, 0.3) is 0 Å². The largest absolute Gasteiger partial charge is 0.455 e. The van der Waals surface area contributed by atoms with Crippen molar-refractivity contribution in [1.82, 2.24) is 0 Å². The molecule has 0 aliphatic carbocycles. The van der Waals surface area contributed by atoms with E-state index in [1.54, 1.807) is 6.07 Å². The number of benzene rings is 2. The molecule has 2 aromatic carbocycles. The van der Waals surface area contributed by atoms with Crippen LogP contribution in [0.25, 0.3) is 33.2 Å². The zero-order valence-corrected chi connectivity index (χ0v) is 12.4. The first-order valence-electron chi connectivity index (χ1n) is 7.21. The van der Waals surface area contributed by atoms with E-state index in [0.29, 0.717) is 5.58 Å². The second-order valence-corrected chi connectivity index (χ2v) is 5.57. The molecule has 0 atom stereocenters. The molecule has 0 aliphatic rings. The molecule has 0 fully saturated rings. The minimum Gasteiger partial charge on any atom is -0.455 e. The van der Waals surface area contributed by atoms with E-state index >= 15 is 0 Å². The lowest BCUT2D eigenvalue weighted by Crippen LogP contribution is -2.30. The maximum atomic E-state index is 13.5. The molecule has 108 valence electrons. The van der Waals surface area contributed by atoms with E-state index in [-0.39, 0.29) is 5.82 Å². The highest BCUT2D eigenvalue weighted by Gasteiger charge is 2.19. The second-order valence-electron chi connectivity index (χ2n) is 5.57. The Hall–Kier alpha value is -2.68. The van der Waals surface area contributed by atoms with Crippen LogP contribution in [0.4, 0.5) is 4.39 Å². The molecule has 0 radical (unpaired) electrons. The predicted molar refractivity (Wildman–Crippen MR) is 85.0 cm³/mol. The van der Waals surface area contributed by atoms with Crippen LogP contribution in [-0.2, 0) is 7.05 Å². The molecule has 4 rings (SSSR count). The highest BCUT2D eigenvalue weighted by Crippen LogP contribution is 2.36. The van der Waals surface area contributed by atoms with Gasteiger partial charge in [0.15, 0.2) is 6.20 Å². The number of aryl methyl sites for hydroxylation is 2. The van der Waals surface area contributed by atoms with Gasteiger partial charge in [0, 0.05) is 29.0 Å². The van der Waals surface area contributed by atoms with E-state index in [4.69, 9.17) is 4.42 Å². The summed E-state index contributed by atoms with van der Waals surface area (Å²) >= 11 is 0. The summed E-state index contributed by atoms with van der Waals surface area (Å²) in [7, 11) is 2.01. The summed E-state index contributed by atoms with van der Waals surface area (Å²) in [5.74, 6) is -0.282. The summed E-state index contributed by atoms with van der Waals surface area (Å²) in [6.07, 6.45) is 2.01. The molecule has 0 amide bonds. The van der Waals surface area contributed by atoms with E-state index in [0.717, 1.165) is 33.2 Å². The first kappa shape index (κ1) is 13.0. The van der Waals surface area contributed by atoms with Gasteiger partial charge in [-0.2, -0.15) is 0 Å². The molecule has 2 nitrogen and oxygen atoms in total. The summed E-state index contributed by atoms with van der Waals surface area (Å²) in [6.45, 7) is 2.07. The van der Waals surface area contributed by atoms with Crippen molar-refractivity contribution in [3.8, 4) is 11.3 Å². The van der Waals surface area contributed by atoms with Crippen molar-refractivity contribution in [2.24, 2.45) is 7.05 Å². The molecule has 0 bridgehead atoms. The third-order valence-corrected chi connectivity index (χ3v) is 4.12. The molecule has 4 aromatic rings. The van der Waals surface area contributed by atoms with Gasteiger partial charge in [-0.3, -0.25) is 0 Å². The first-order chi connectivity index (χ1) is 10.6. The number of aromatic nitrogens is 1. The lowest BCUT2D eigenvalue weighted by atomic mass is 10.0. The topological polar surface area (TPSA) is 17.0 Å². The van der Waals surface area contributed by atoms with Crippen molar-refractivity contribution in [1.29, 1.82) is 0 Å². The highest BCUT2D eigenvalue weighted by molar-refractivity contribution is 6.09. The number of nitrogens with zero attached hydrogens (tertiary/aromatic N) is 1. The minimum atomic E-state index is -0.282. The summed E-state index contributed by atoms with van der Waals surface area (Å²) < 4.78 is 21.5. The number of rotatable bonds is 1. The van der Waals surface area contributed by atoms with Crippen LogP contribution < -0.4 is 4.57 Å². The van der Waals surface area contributed by atoms with Crippen molar-refractivity contribution in [2.75, 3.05) is 0 Å². The van der Waals surface area contributed by atoms with Gasteiger partial charge in [0.1, 0.15) is 24.0 Å². The highest BCUT2D eigenvalue weighted by atomic mass is 19.1. The van der Waals surface area contributed by atoms with Gasteiger partial charge < -0.3 is 4.42 Å². The Morgan fingerprint density at radius 3 is 2.64 bits per heavy atom. The Balaban J connectivity index is 2.16. The Kier molecular flexibility index (Phi) is 2.76. The average molecular weight is 292 g/mol. The number of halogens is 1. The Morgan fingerprint density at radius 2 is 1.82 bits per heavy atom. The summed E-state index contributed by atoms with van der Waals surface area (Å²) in [6, 6.07) is 14.9. The SMILES string of the molecule is Cc1ccc2c(oc3cc(F)ccc32)c1-c1cccc[n+]1C. The van der Waals surface area contributed by atoms with E-state index < -0.39 is 0 Å². The van der Waals surface area contributed by atoms with Gasteiger partial charge in [-0.05, 0) is 30.7 Å². The normalized spacial score (nSPS) is 11.4. The standard InChI is InChI=1S/C19H15FNO/c1-12-6-8-15-14-9-7-13(20)11-17(14)22-19(15)18(12)16-5-3-4-10-21(16)2/h3-11H,1-2H3/q+1. The molecule has 0 unspecified atom stereocenters. The third-order valence-electron chi connectivity index (χ3n) is 4.12. The number of furan rings is 1. The molecule has 22 heavy (non-hydrogen) atoms. The number of hydrogen-bond acceptors (Lipinski definition) is 1. The smallest absolute Gasteiger partial charge is 0.216 e. The Bertz CT molecular complexity index is 1020. The minimum absolute atomic E-state index is 0.282. The van der Waals surface area contributed by atoms with E-state index in [9.17, 15) is 4.39 Å². The van der Waals surface area contributed by atoms with Crippen LogP contribution in [0.3, 0.4) is 0 Å². The monoisotopic (exact) mass is 292 g/mol. The molecule has 0 saturated carbocycles. The van der Waals surface area contributed by atoms with Crippen LogP contribution in [0.5, 0.6) is 0 Å². The van der Waals surface area contributed by atoms with E-state index in [1.807, 2.05) is 31.4 Å². The molecule has 0 spiro atoms. The molecule has 0 N–H and O–H groups in total. The van der Waals surface area contributed by atoms with Gasteiger partial charge in [0.05, 0.1) is 5.56 Å². The summed E-state index contributed by atoms with van der Waals surface area (Å²) in [5.41, 5.74) is 4.65. The van der Waals surface area contributed by atoms with Crippen molar-refractivity contribution >= 4 is 21.9 Å². The van der Waals surface area contributed by atoms with Crippen molar-refractivity contribution < 1.29 is 13.4 Å². The predicted octanol–water partition coefficient (Wildman–Crippen LogP) is 4.53. The van der Waals surface area contributed by atoms with Crippen LogP contribution in [0, 0.1) is 12.7 Å². The fraction of sp³-hybridized carbons (Fsp3) is 0.105. The lowest BCUT2D eigenvalue weighted by Gasteiger charge is -2.04. The average Bonchev–Trinajstić information content (AvgIpc) is 2.85. The fourth-order valence-electron chi connectivity index (χ4n) is 3.01. The first-order valence-corrected chi connectivity index (χ1v) is 7.21. The van der Waals surface area contributed by atoms with Crippen molar-refractivity contribution in [2.45, 2.75) is 6.92 Å². The van der Waals surface area contributed by atoms with Crippen LogP contribution in [0.1, 0.15) is 5.56 Å². The quantitative estimate of drug-likeness (QED) is 0.471. The third kappa shape index (κ3) is 1.82. The molecule has 2 heterocycles. The zero-order valence-electron chi connectivity index (χ0n) is 12.4. The molecule has 0 aliphatic heterocycles. The summed E-state index contributed by atoms with van der Waals surface area (Å²) in [5, 5.41) is 1.95. The number of fused-ring (bicyclic) bond motifs is 3. The molecule has 2 aromatic heterocycles. The Labute approximate surface area is 127 Å². The van der Waals surface area contributed by atoms with Gasteiger partial charge in [0.2, 0.25) is 5.69 Å². The maximum Gasteiger partial charge on any atom is 0.216 e. The van der Waals surface area contributed by atoms with Crippen molar-refractivity contribution in [3.63, 3.8) is 0 Å². The van der Waals surface area contributed by atoms with Gasteiger partial charge in [-0.15, -0.1) is 0 Å². The maximum absolute atomic E-state index is 13.5. The van der Waals surface area contributed by atoms with Gasteiger partial charge in [-0.25, -0.2) is 8.96 Å². The van der Waals surface area contributed by atoms with Crippen LogP contribution in [0.2, 0.25) is 0 Å². The lowest BCUT2D eigenvalue weighted by molar-refractivity contribution is -0.660. The van der Waals surface area contributed by atoms with Crippen LogP contribution in [0.15, 0.2) is 59.1 Å². The second kappa shape index (κ2) is 4.67. The molecular weight excluding hydrogens is 277 g/mol. The molecule has 0 saturated heterocycles. The van der Waals surface area contributed by atoms with Crippen LogP contribution >= 0.6 is 0 Å². The fourth-order valence-corrected chi connectivity index (χ4v) is 3.01. The van der Waals surface area contributed by atoms with Crippen LogP contribution in [-0.4, -0.2) is 0 Å².